The Morgan fingerprint density at radius 1 is 1.10 bits per heavy atom. The Morgan fingerprint density at radius 2 is 1.87 bits per heavy atom. The highest BCUT2D eigenvalue weighted by Crippen LogP contribution is 2.37. The van der Waals surface area contributed by atoms with Crippen LogP contribution in [0.5, 0.6) is 5.75 Å². The quantitative estimate of drug-likeness (QED) is 0.680. The number of halogens is 1. The van der Waals surface area contributed by atoms with Crippen molar-refractivity contribution in [1.29, 1.82) is 0 Å². The van der Waals surface area contributed by atoms with E-state index in [4.69, 9.17) is 0 Å². The van der Waals surface area contributed by atoms with Gasteiger partial charge >= 0.3 is 0 Å². The van der Waals surface area contributed by atoms with Crippen LogP contribution in [0, 0.1) is 5.82 Å². The van der Waals surface area contributed by atoms with Crippen molar-refractivity contribution in [3.05, 3.63) is 78.1 Å². The molecule has 5 nitrogen and oxygen atoms in total. The lowest BCUT2D eigenvalue weighted by atomic mass is 9.95. The molecule has 150 valence electrons. The first kappa shape index (κ1) is 18.4. The summed E-state index contributed by atoms with van der Waals surface area (Å²) in [5, 5.41) is 11.7. The summed E-state index contributed by atoms with van der Waals surface area (Å²) in [6, 6.07) is 13.5. The molecular weight excluding hydrogens is 383 g/mol. The van der Waals surface area contributed by atoms with E-state index in [1.165, 1.54) is 18.2 Å². The number of benzene rings is 3. The van der Waals surface area contributed by atoms with Crippen LogP contribution in [-0.2, 0) is 11.3 Å². The number of nitrogens with zero attached hydrogens (tertiary/aromatic N) is 2. The van der Waals surface area contributed by atoms with Gasteiger partial charge in [0.1, 0.15) is 11.6 Å². The Balaban J connectivity index is 1.51. The predicted octanol–water partition coefficient (Wildman–Crippen LogP) is 3.70. The summed E-state index contributed by atoms with van der Waals surface area (Å²) < 4.78 is 15.1. The van der Waals surface area contributed by atoms with Crippen LogP contribution in [0.2, 0.25) is 0 Å². The Kier molecular flexibility index (Phi) is 4.10. The van der Waals surface area contributed by atoms with Crippen LogP contribution in [-0.4, -0.2) is 45.9 Å². The van der Waals surface area contributed by atoms with E-state index in [9.17, 15) is 14.7 Å². The minimum Gasteiger partial charge on any atom is -0.508 e. The number of aromatic hydroxyl groups is 1. The number of hydrogen-bond acceptors (Lipinski definition) is 3. The predicted molar refractivity (Wildman–Crippen MR) is 111 cm³/mol. The van der Waals surface area contributed by atoms with Gasteiger partial charge in [-0.2, -0.15) is 0 Å². The van der Waals surface area contributed by atoms with E-state index < -0.39 is 5.82 Å². The molecule has 0 bridgehead atoms. The molecule has 6 heteroatoms. The molecule has 0 unspecified atom stereocenters. The van der Waals surface area contributed by atoms with Crippen LogP contribution in [0.3, 0.4) is 0 Å². The van der Waals surface area contributed by atoms with E-state index in [2.05, 4.69) is 6.58 Å². The van der Waals surface area contributed by atoms with E-state index >= 15 is 4.39 Å². The number of phenolic OH excluding ortho intramolecular Hbond substituents is 1. The van der Waals surface area contributed by atoms with Gasteiger partial charge in [-0.25, -0.2) is 4.39 Å². The van der Waals surface area contributed by atoms with Crippen molar-refractivity contribution in [1.82, 2.24) is 9.80 Å². The number of hydrogen-bond donors (Lipinski definition) is 1. The van der Waals surface area contributed by atoms with Crippen molar-refractivity contribution in [2.24, 2.45) is 0 Å². The molecule has 0 saturated carbocycles. The lowest BCUT2D eigenvalue weighted by Crippen LogP contribution is -2.60. The molecule has 0 atom stereocenters. The van der Waals surface area contributed by atoms with Crippen molar-refractivity contribution in [2.75, 3.05) is 13.1 Å². The first-order chi connectivity index (χ1) is 14.5. The highest BCUT2D eigenvalue weighted by atomic mass is 19.1. The van der Waals surface area contributed by atoms with Gasteiger partial charge in [-0.3, -0.25) is 9.59 Å². The third-order valence-electron chi connectivity index (χ3n) is 5.95. The normalized spacial score (nSPS) is 16.0. The lowest BCUT2D eigenvalue weighted by molar-refractivity contribution is -0.132. The zero-order valence-corrected chi connectivity index (χ0v) is 16.1. The number of likely N-dealkylation sites (tertiary alicyclic amines) is 1. The van der Waals surface area contributed by atoms with Gasteiger partial charge in [-0.15, -0.1) is 0 Å². The molecular formula is C24H19FN2O3. The summed E-state index contributed by atoms with van der Waals surface area (Å²) in [6.45, 7) is 4.72. The van der Waals surface area contributed by atoms with Crippen molar-refractivity contribution >= 4 is 22.6 Å². The molecule has 0 radical (unpaired) electrons. The second-order valence-electron chi connectivity index (χ2n) is 7.74. The maximum Gasteiger partial charge on any atom is 0.254 e. The van der Waals surface area contributed by atoms with Gasteiger partial charge in [0.15, 0.2) is 0 Å². The van der Waals surface area contributed by atoms with Gasteiger partial charge < -0.3 is 14.9 Å². The van der Waals surface area contributed by atoms with Crippen LogP contribution in [0.25, 0.3) is 21.9 Å². The van der Waals surface area contributed by atoms with E-state index in [1.807, 2.05) is 24.3 Å². The third-order valence-corrected chi connectivity index (χ3v) is 5.95. The second kappa shape index (κ2) is 6.69. The fourth-order valence-electron chi connectivity index (χ4n) is 4.33. The van der Waals surface area contributed by atoms with Crippen LogP contribution in [0.15, 0.2) is 61.2 Å². The molecule has 1 fully saturated rings. The van der Waals surface area contributed by atoms with E-state index in [1.54, 1.807) is 21.9 Å². The topological polar surface area (TPSA) is 60.9 Å². The van der Waals surface area contributed by atoms with Gasteiger partial charge in [0.2, 0.25) is 5.91 Å². The average Bonchev–Trinajstić information content (AvgIpc) is 3.00. The van der Waals surface area contributed by atoms with E-state index in [0.29, 0.717) is 36.3 Å². The first-order valence-electron chi connectivity index (χ1n) is 9.73. The molecule has 30 heavy (non-hydrogen) atoms. The molecule has 0 spiro atoms. The molecule has 2 amide bonds. The number of fused-ring (bicyclic) bond motifs is 2. The molecule has 2 aliphatic heterocycles. The van der Waals surface area contributed by atoms with Crippen molar-refractivity contribution in [3.8, 4) is 16.9 Å². The summed E-state index contributed by atoms with van der Waals surface area (Å²) in [5.41, 5.74) is 1.93. The van der Waals surface area contributed by atoms with Gasteiger partial charge in [-0.05, 0) is 52.2 Å². The van der Waals surface area contributed by atoms with Crippen LogP contribution >= 0.6 is 0 Å². The standard InChI is InChI=1S/C24H19FN2O3/c1-2-23(29)26-12-16(13-26)27-11-15-8-22(25)21(10-19(15)24(27)30)20-9-17(28)7-14-5-3-4-6-18(14)20/h2-10,16,28H,1,11-13H2. The van der Waals surface area contributed by atoms with Gasteiger partial charge in [0.05, 0.1) is 6.04 Å². The first-order valence-corrected chi connectivity index (χ1v) is 9.73. The van der Waals surface area contributed by atoms with Gasteiger partial charge in [-0.1, -0.05) is 30.8 Å². The number of rotatable bonds is 3. The summed E-state index contributed by atoms with van der Waals surface area (Å²) in [7, 11) is 0. The molecule has 3 aromatic rings. The van der Waals surface area contributed by atoms with Crippen LogP contribution in [0.4, 0.5) is 4.39 Å². The Hall–Kier alpha value is -3.67. The van der Waals surface area contributed by atoms with Crippen LogP contribution in [0.1, 0.15) is 15.9 Å². The number of carbonyl (C=O) groups excluding carboxylic acids is 2. The zero-order chi connectivity index (χ0) is 21.0. The highest BCUT2D eigenvalue weighted by Gasteiger charge is 2.40. The molecule has 3 aromatic carbocycles. The largest absolute Gasteiger partial charge is 0.508 e. The Labute approximate surface area is 172 Å². The second-order valence-corrected chi connectivity index (χ2v) is 7.74. The maximum atomic E-state index is 15.1. The smallest absolute Gasteiger partial charge is 0.254 e. The molecule has 5 rings (SSSR count). The molecule has 0 aromatic heterocycles. The SMILES string of the molecule is C=CC(=O)N1CC(N2Cc3cc(F)c(-c4cc(O)cc5ccccc45)cc3C2=O)C1. The monoisotopic (exact) mass is 402 g/mol. The van der Waals surface area contributed by atoms with Crippen LogP contribution < -0.4 is 0 Å². The van der Waals surface area contributed by atoms with E-state index in [-0.39, 0.29) is 29.2 Å². The Morgan fingerprint density at radius 3 is 2.63 bits per heavy atom. The molecule has 1 saturated heterocycles. The molecule has 0 aliphatic carbocycles. The highest BCUT2D eigenvalue weighted by molar-refractivity contribution is 6.03. The summed E-state index contributed by atoms with van der Waals surface area (Å²) in [4.78, 5) is 28.0. The lowest BCUT2D eigenvalue weighted by Gasteiger charge is -2.43. The summed E-state index contributed by atoms with van der Waals surface area (Å²) in [5.74, 6) is -0.708. The molecule has 1 N–H and O–H groups in total. The average molecular weight is 402 g/mol. The fourth-order valence-corrected chi connectivity index (χ4v) is 4.33. The molecule has 2 heterocycles. The maximum absolute atomic E-state index is 15.1. The summed E-state index contributed by atoms with van der Waals surface area (Å²) in [6.07, 6.45) is 1.26. The van der Waals surface area contributed by atoms with Crippen molar-refractivity contribution in [3.63, 3.8) is 0 Å². The van der Waals surface area contributed by atoms with Crippen molar-refractivity contribution in [2.45, 2.75) is 12.6 Å². The van der Waals surface area contributed by atoms with Gasteiger partial charge in [0.25, 0.3) is 5.91 Å². The van der Waals surface area contributed by atoms with Crippen molar-refractivity contribution < 1.29 is 19.1 Å². The fraction of sp³-hybridized carbons (Fsp3) is 0.167. The minimum absolute atomic E-state index is 0.0398. The number of amides is 2. The van der Waals surface area contributed by atoms with Gasteiger partial charge in [0, 0.05) is 30.8 Å². The summed E-state index contributed by atoms with van der Waals surface area (Å²) >= 11 is 0. The third kappa shape index (κ3) is 2.76. The number of phenols is 1. The zero-order valence-electron chi connectivity index (χ0n) is 16.1. The number of carbonyl (C=O) groups is 2. The molecule has 2 aliphatic rings. The minimum atomic E-state index is -0.434. The van der Waals surface area contributed by atoms with E-state index in [0.717, 1.165) is 10.8 Å². The Bertz CT molecular complexity index is 1230.